The van der Waals surface area contributed by atoms with E-state index in [1.54, 1.807) is 34.9 Å². The number of aromatic nitrogens is 1. The fourth-order valence-corrected chi connectivity index (χ4v) is 2.96. The normalized spacial score (nSPS) is 10.6. The van der Waals surface area contributed by atoms with Crippen LogP contribution in [0.5, 0.6) is 0 Å². The second-order valence-electron chi connectivity index (χ2n) is 5.84. The molecule has 125 valence electrons. The molecule has 1 radical (unpaired) electrons. The van der Waals surface area contributed by atoms with Crippen LogP contribution in [0.1, 0.15) is 10.5 Å². The molecule has 4 heteroatoms. The summed E-state index contributed by atoms with van der Waals surface area (Å²) in [7, 11) is 0. The third-order valence-corrected chi connectivity index (χ3v) is 4.15. The Labute approximate surface area is 150 Å². The Kier molecular flexibility index (Phi) is 4.07. The zero-order valence-electron chi connectivity index (χ0n) is 13.8. The number of pyridine rings is 1. The molecule has 0 saturated heterocycles. The van der Waals surface area contributed by atoms with Gasteiger partial charge in [-0.05, 0) is 42.0 Å². The molecular formula is C22H15N2O2. The van der Waals surface area contributed by atoms with Crippen LogP contribution in [0.25, 0.3) is 16.6 Å². The van der Waals surface area contributed by atoms with Crippen LogP contribution in [0.4, 0.5) is 5.69 Å². The van der Waals surface area contributed by atoms with E-state index in [-0.39, 0.29) is 0 Å². The number of rotatable bonds is 4. The summed E-state index contributed by atoms with van der Waals surface area (Å²) in [6.45, 7) is 0. The Hall–Kier alpha value is -3.66. The summed E-state index contributed by atoms with van der Waals surface area (Å²) < 4.78 is 1.75. The number of ketones is 1. The molecule has 0 saturated carbocycles. The van der Waals surface area contributed by atoms with Crippen molar-refractivity contribution in [3.63, 3.8) is 0 Å². The van der Waals surface area contributed by atoms with Crippen molar-refractivity contribution in [2.75, 3.05) is 5.32 Å². The fraction of sp³-hybridized carbons (Fsp3) is 0. The predicted molar refractivity (Wildman–Crippen MR) is 101 cm³/mol. The topological polar surface area (TPSA) is 50.6 Å². The second-order valence-corrected chi connectivity index (χ2v) is 5.84. The van der Waals surface area contributed by atoms with Crippen LogP contribution < -0.4 is 5.32 Å². The number of hydrogen-bond donors (Lipinski definition) is 1. The molecule has 4 rings (SSSR count). The Morgan fingerprint density at radius 1 is 0.923 bits per heavy atom. The second kappa shape index (κ2) is 6.69. The first-order valence-corrected chi connectivity index (χ1v) is 8.21. The van der Waals surface area contributed by atoms with E-state index in [0.29, 0.717) is 11.4 Å². The average molecular weight is 339 g/mol. The highest BCUT2D eigenvalue weighted by Crippen LogP contribution is 2.28. The molecule has 0 aliphatic rings. The minimum absolute atomic E-state index is 0.351. The molecule has 0 aliphatic carbocycles. The Morgan fingerprint density at radius 3 is 2.50 bits per heavy atom. The van der Waals surface area contributed by atoms with E-state index < -0.39 is 11.7 Å². The van der Waals surface area contributed by atoms with Crippen molar-refractivity contribution in [1.29, 1.82) is 0 Å². The van der Waals surface area contributed by atoms with Crippen molar-refractivity contribution in [1.82, 2.24) is 4.40 Å². The molecule has 2 aromatic carbocycles. The van der Waals surface area contributed by atoms with Crippen LogP contribution >= 0.6 is 0 Å². The van der Waals surface area contributed by atoms with Gasteiger partial charge in [0, 0.05) is 23.0 Å². The maximum absolute atomic E-state index is 13.0. The highest BCUT2D eigenvalue weighted by molar-refractivity contribution is 6.47. The SMILES string of the molecule is O=C(Nc1c[c]ccc1)C(=O)c1c(-c2ccccc2)cc2ccccn12. The summed E-state index contributed by atoms with van der Waals surface area (Å²) in [5.74, 6) is -1.26. The van der Waals surface area contributed by atoms with Gasteiger partial charge in [-0.3, -0.25) is 9.59 Å². The molecule has 0 atom stereocenters. The van der Waals surface area contributed by atoms with Crippen LogP contribution in [0.2, 0.25) is 0 Å². The lowest BCUT2D eigenvalue weighted by molar-refractivity contribution is -0.112. The molecule has 4 aromatic rings. The summed E-state index contributed by atoms with van der Waals surface area (Å²) in [4.78, 5) is 25.5. The van der Waals surface area contributed by atoms with Crippen LogP contribution in [-0.2, 0) is 4.79 Å². The van der Waals surface area contributed by atoms with Gasteiger partial charge in [-0.2, -0.15) is 0 Å². The van der Waals surface area contributed by atoms with Crippen molar-refractivity contribution in [2.45, 2.75) is 0 Å². The number of nitrogens with zero attached hydrogens (tertiary/aromatic N) is 1. The number of benzene rings is 2. The van der Waals surface area contributed by atoms with Crippen LogP contribution in [0, 0.1) is 6.07 Å². The summed E-state index contributed by atoms with van der Waals surface area (Å²) >= 11 is 0. The van der Waals surface area contributed by atoms with Gasteiger partial charge < -0.3 is 9.72 Å². The molecule has 26 heavy (non-hydrogen) atoms. The van der Waals surface area contributed by atoms with Crippen molar-refractivity contribution in [2.24, 2.45) is 0 Å². The largest absolute Gasteiger partial charge is 0.319 e. The standard InChI is InChI=1S/C22H15N2O2/c25-21(22(26)23-17-11-5-2-6-12-17)20-19(16-9-3-1-4-10-16)15-18-13-7-8-14-24(18)20/h1-5,7-15H,(H,23,26). The Bertz CT molecular complexity index is 1080. The third kappa shape index (κ3) is 2.89. The first kappa shape index (κ1) is 15.8. The Balaban J connectivity index is 1.79. The van der Waals surface area contributed by atoms with Gasteiger partial charge >= 0.3 is 0 Å². The van der Waals surface area contributed by atoms with E-state index in [4.69, 9.17) is 0 Å². The van der Waals surface area contributed by atoms with Gasteiger partial charge in [-0.1, -0.05) is 48.5 Å². The number of carbonyl (C=O) groups excluding carboxylic acids is 2. The van der Waals surface area contributed by atoms with E-state index in [1.807, 2.05) is 54.6 Å². The van der Waals surface area contributed by atoms with Gasteiger partial charge in [0.2, 0.25) is 0 Å². The van der Waals surface area contributed by atoms with Gasteiger partial charge in [-0.15, -0.1) is 0 Å². The predicted octanol–water partition coefficient (Wildman–Crippen LogP) is 4.23. The lowest BCUT2D eigenvalue weighted by Crippen LogP contribution is -2.24. The molecule has 0 unspecified atom stereocenters. The quantitative estimate of drug-likeness (QED) is 0.447. The molecule has 1 N–H and O–H groups in total. The molecule has 2 aromatic heterocycles. The first-order valence-electron chi connectivity index (χ1n) is 8.21. The molecule has 2 heterocycles. The van der Waals surface area contributed by atoms with Crippen LogP contribution in [0.15, 0.2) is 85.1 Å². The number of fused-ring (bicyclic) bond motifs is 1. The highest BCUT2D eigenvalue weighted by Gasteiger charge is 2.24. The van der Waals surface area contributed by atoms with Gasteiger partial charge in [-0.25, -0.2) is 0 Å². The lowest BCUT2D eigenvalue weighted by Gasteiger charge is -2.07. The number of amides is 1. The van der Waals surface area contributed by atoms with Gasteiger partial charge in [0.05, 0.1) is 0 Å². The van der Waals surface area contributed by atoms with Gasteiger partial charge in [0.15, 0.2) is 0 Å². The van der Waals surface area contributed by atoms with Crippen molar-refractivity contribution in [3.05, 3.63) is 96.8 Å². The monoisotopic (exact) mass is 339 g/mol. The molecular weight excluding hydrogens is 324 g/mol. The van der Waals surface area contributed by atoms with E-state index in [2.05, 4.69) is 11.4 Å². The minimum Gasteiger partial charge on any atom is -0.319 e. The van der Waals surface area contributed by atoms with Crippen molar-refractivity contribution in [3.8, 4) is 11.1 Å². The number of anilines is 1. The summed E-state index contributed by atoms with van der Waals surface area (Å²) in [5, 5.41) is 2.64. The zero-order valence-corrected chi connectivity index (χ0v) is 13.8. The minimum atomic E-state index is -0.675. The molecule has 0 aliphatic heterocycles. The summed E-state index contributed by atoms with van der Waals surface area (Å²) in [6.07, 6.45) is 1.79. The number of carbonyl (C=O) groups is 2. The van der Waals surface area contributed by atoms with Crippen LogP contribution in [0.3, 0.4) is 0 Å². The zero-order chi connectivity index (χ0) is 17.9. The Morgan fingerprint density at radius 2 is 1.73 bits per heavy atom. The number of hydrogen-bond acceptors (Lipinski definition) is 2. The average Bonchev–Trinajstić information content (AvgIpc) is 3.08. The molecule has 0 spiro atoms. The smallest absolute Gasteiger partial charge is 0.298 e. The van der Waals surface area contributed by atoms with E-state index in [9.17, 15) is 9.59 Å². The number of Topliss-reactive ketones (excluding diaryl/α,β-unsaturated/α-hetero) is 1. The van der Waals surface area contributed by atoms with E-state index in [1.165, 1.54) is 0 Å². The van der Waals surface area contributed by atoms with Crippen molar-refractivity contribution < 1.29 is 9.59 Å². The van der Waals surface area contributed by atoms with Gasteiger partial charge in [0.1, 0.15) is 5.69 Å². The third-order valence-electron chi connectivity index (χ3n) is 4.15. The van der Waals surface area contributed by atoms with Crippen molar-refractivity contribution >= 4 is 22.9 Å². The molecule has 1 amide bonds. The highest BCUT2D eigenvalue weighted by atomic mass is 16.2. The van der Waals surface area contributed by atoms with E-state index in [0.717, 1.165) is 16.6 Å². The maximum atomic E-state index is 13.0. The van der Waals surface area contributed by atoms with Crippen LogP contribution in [-0.4, -0.2) is 16.1 Å². The maximum Gasteiger partial charge on any atom is 0.298 e. The van der Waals surface area contributed by atoms with Gasteiger partial charge in [0.25, 0.3) is 11.7 Å². The fourth-order valence-electron chi connectivity index (χ4n) is 2.96. The summed E-state index contributed by atoms with van der Waals surface area (Å²) in [6, 6.07) is 26.9. The molecule has 0 bridgehead atoms. The molecule has 0 fully saturated rings. The number of nitrogens with one attached hydrogen (secondary N) is 1. The molecule has 4 nitrogen and oxygen atoms in total. The first-order chi connectivity index (χ1) is 12.7. The summed E-state index contributed by atoms with van der Waals surface area (Å²) in [5.41, 5.74) is 3.37. The van der Waals surface area contributed by atoms with E-state index >= 15 is 0 Å². The lowest BCUT2D eigenvalue weighted by atomic mass is 10.0.